The highest BCUT2D eigenvalue weighted by Gasteiger charge is 2.23. The molecule has 1 heteroatoms. The van der Waals surface area contributed by atoms with E-state index in [1.165, 1.54) is 32.1 Å². The van der Waals surface area contributed by atoms with Crippen molar-refractivity contribution in [3.63, 3.8) is 0 Å². The Labute approximate surface area is 82.9 Å². The van der Waals surface area contributed by atoms with Crippen molar-refractivity contribution in [1.29, 1.82) is 0 Å². The summed E-state index contributed by atoms with van der Waals surface area (Å²) >= 11 is 0. The van der Waals surface area contributed by atoms with Gasteiger partial charge in [0.05, 0.1) is 6.10 Å². The minimum atomic E-state index is 0.434. The molecule has 0 aromatic rings. The molecule has 1 saturated carbocycles. The van der Waals surface area contributed by atoms with Gasteiger partial charge in [-0.3, -0.25) is 0 Å². The number of hydrogen-bond donors (Lipinski definition) is 0. The molecule has 0 saturated heterocycles. The minimum absolute atomic E-state index is 0.434. The van der Waals surface area contributed by atoms with E-state index in [9.17, 15) is 0 Å². The lowest BCUT2D eigenvalue weighted by atomic mass is 10.1. The van der Waals surface area contributed by atoms with Gasteiger partial charge in [0.1, 0.15) is 0 Å². The van der Waals surface area contributed by atoms with E-state index in [1.807, 2.05) is 0 Å². The fourth-order valence-electron chi connectivity index (χ4n) is 1.82. The summed E-state index contributed by atoms with van der Waals surface area (Å²) in [5.74, 6) is 0.788. The van der Waals surface area contributed by atoms with E-state index in [0.717, 1.165) is 18.9 Å². The molecule has 0 spiro atoms. The Morgan fingerprint density at radius 2 is 2.31 bits per heavy atom. The minimum Gasteiger partial charge on any atom is -0.378 e. The van der Waals surface area contributed by atoms with Gasteiger partial charge in [0.2, 0.25) is 0 Å². The molecule has 0 bridgehead atoms. The zero-order valence-corrected chi connectivity index (χ0v) is 8.80. The van der Waals surface area contributed by atoms with Gasteiger partial charge in [-0.15, -0.1) is 0 Å². The van der Waals surface area contributed by atoms with Crippen LogP contribution in [0.4, 0.5) is 0 Å². The predicted octanol–water partition coefficient (Wildman–Crippen LogP) is 3.40. The van der Waals surface area contributed by atoms with E-state index >= 15 is 0 Å². The van der Waals surface area contributed by atoms with Crippen molar-refractivity contribution in [2.75, 3.05) is 6.61 Å². The lowest BCUT2D eigenvalue weighted by Crippen LogP contribution is -2.10. The average Bonchev–Trinajstić information content (AvgIpc) is 2.60. The first-order chi connectivity index (χ1) is 6.36. The molecule has 1 nitrogen and oxygen atoms in total. The third-order valence-corrected chi connectivity index (χ3v) is 2.79. The Morgan fingerprint density at radius 3 is 2.92 bits per heavy atom. The molecular formula is C12H22O. The molecule has 2 radical (unpaired) electrons. The second kappa shape index (κ2) is 6.42. The molecule has 0 aromatic heterocycles. The predicted molar refractivity (Wildman–Crippen MR) is 56.3 cm³/mol. The smallest absolute Gasteiger partial charge is 0.0609 e. The molecule has 76 valence electrons. The van der Waals surface area contributed by atoms with E-state index in [1.54, 1.807) is 0 Å². The maximum absolute atomic E-state index is 5.75. The van der Waals surface area contributed by atoms with Crippen molar-refractivity contribution in [3.05, 3.63) is 13.3 Å². The fraction of sp³-hybridized carbons (Fsp3) is 0.833. The van der Waals surface area contributed by atoms with Gasteiger partial charge in [-0.25, -0.2) is 0 Å². The molecule has 0 amide bonds. The Kier molecular flexibility index (Phi) is 5.45. The maximum Gasteiger partial charge on any atom is 0.0609 e. The third-order valence-electron chi connectivity index (χ3n) is 2.79. The van der Waals surface area contributed by atoms with Crippen LogP contribution in [0.5, 0.6) is 0 Å². The van der Waals surface area contributed by atoms with Crippen LogP contribution in [0, 0.1) is 19.3 Å². The first-order valence-corrected chi connectivity index (χ1v) is 5.61. The Morgan fingerprint density at radius 1 is 1.46 bits per heavy atom. The van der Waals surface area contributed by atoms with Gasteiger partial charge < -0.3 is 4.74 Å². The summed E-state index contributed by atoms with van der Waals surface area (Å²) in [4.78, 5) is 0. The first kappa shape index (κ1) is 11.0. The van der Waals surface area contributed by atoms with Gasteiger partial charge in [0, 0.05) is 6.61 Å². The lowest BCUT2D eigenvalue weighted by molar-refractivity contribution is 0.0724. The van der Waals surface area contributed by atoms with Gasteiger partial charge in [-0.2, -0.15) is 0 Å². The Balaban J connectivity index is 1.97. The molecule has 0 aliphatic heterocycles. The summed E-state index contributed by atoms with van der Waals surface area (Å²) in [5, 5.41) is 0. The summed E-state index contributed by atoms with van der Waals surface area (Å²) in [6, 6.07) is 0. The van der Waals surface area contributed by atoms with E-state index in [4.69, 9.17) is 4.74 Å². The largest absolute Gasteiger partial charge is 0.378 e. The van der Waals surface area contributed by atoms with Gasteiger partial charge in [0.25, 0.3) is 0 Å². The van der Waals surface area contributed by atoms with Crippen LogP contribution >= 0.6 is 0 Å². The highest BCUT2D eigenvalue weighted by Crippen LogP contribution is 2.28. The molecule has 2 unspecified atom stereocenters. The van der Waals surface area contributed by atoms with E-state index in [-0.39, 0.29) is 0 Å². The zero-order valence-electron chi connectivity index (χ0n) is 8.80. The van der Waals surface area contributed by atoms with Crippen molar-refractivity contribution < 1.29 is 4.74 Å². The van der Waals surface area contributed by atoms with Crippen LogP contribution in [0.15, 0.2) is 0 Å². The normalized spacial score (nSPS) is 28.2. The van der Waals surface area contributed by atoms with Crippen LogP contribution in [0.1, 0.15) is 45.4 Å². The summed E-state index contributed by atoms with van der Waals surface area (Å²) in [6.45, 7) is 7.10. The van der Waals surface area contributed by atoms with Gasteiger partial charge in [-0.05, 0) is 31.6 Å². The molecule has 1 aliphatic carbocycles. The van der Waals surface area contributed by atoms with E-state index in [0.29, 0.717) is 6.10 Å². The molecule has 13 heavy (non-hydrogen) atoms. The fourth-order valence-corrected chi connectivity index (χ4v) is 1.82. The Hall–Kier alpha value is -0.0400. The standard InChI is InChI=1S/C12H22O/c1-3-5-6-9-13-12-8-7-11(4-2)10-12/h8,11-12H,2-7,9-10H2,1H3. The topological polar surface area (TPSA) is 9.23 Å². The Bertz CT molecular complexity index is 122. The average molecular weight is 182 g/mol. The summed E-state index contributed by atoms with van der Waals surface area (Å²) < 4.78 is 5.75. The second-order valence-electron chi connectivity index (χ2n) is 3.98. The zero-order chi connectivity index (χ0) is 9.52. The summed E-state index contributed by atoms with van der Waals surface area (Å²) in [7, 11) is 0. The van der Waals surface area contributed by atoms with Crippen LogP contribution in [-0.2, 0) is 4.74 Å². The number of rotatable bonds is 6. The van der Waals surface area contributed by atoms with Crippen LogP contribution in [0.25, 0.3) is 0 Å². The third kappa shape index (κ3) is 4.12. The van der Waals surface area contributed by atoms with Crippen molar-refractivity contribution in [3.8, 4) is 0 Å². The van der Waals surface area contributed by atoms with E-state index in [2.05, 4.69) is 20.3 Å². The molecule has 1 aliphatic rings. The number of unbranched alkanes of at least 4 members (excludes halogenated alkanes) is 2. The van der Waals surface area contributed by atoms with Crippen LogP contribution < -0.4 is 0 Å². The van der Waals surface area contributed by atoms with Crippen LogP contribution in [-0.4, -0.2) is 12.7 Å². The number of ether oxygens (including phenoxy) is 1. The molecule has 0 heterocycles. The summed E-state index contributed by atoms with van der Waals surface area (Å²) in [6.07, 6.45) is 10.0. The van der Waals surface area contributed by atoms with Gasteiger partial charge in [0.15, 0.2) is 0 Å². The van der Waals surface area contributed by atoms with Crippen molar-refractivity contribution in [2.24, 2.45) is 5.92 Å². The van der Waals surface area contributed by atoms with Gasteiger partial charge in [-0.1, -0.05) is 33.1 Å². The molecule has 1 rings (SSSR count). The van der Waals surface area contributed by atoms with Crippen molar-refractivity contribution in [2.45, 2.75) is 51.6 Å². The van der Waals surface area contributed by atoms with Crippen molar-refractivity contribution >= 4 is 0 Å². The quantitative estimate of drug-likeness (QED) is 0.572. The molecule has 0 aromatic carbocycles. The second-order valence-corrected chi connectivity index (χ2v) is 3.98. The van der Waals surface area contributed by atoms with Gasteiger partial charge >= 0.3 is 0 Å². The molecular weight excluding hydrogens is 160 g/mol. The monoisotopic (exact) mass is 182 g/mol. The van der Waals surface area contributed by atoms with Crippen LogP contribution in [0.2, 0.25) is 0 Å². The molecule has 0 N–H and O–H groups in total. The molecule has 1 fully saturated rings. The SMILES string of the molecule is [CH2]CC1C[CH]C(OCCCCC)C1. The highest BCUT2D eigenvalue weighted by molar-refractivity contribution is 4.90. The van der Waals surface area contributed by atoms with Crippen molar-refractivity contribution in [1.82, 2.24) is 0 Å². The van der Waals surface area contributed by atoms with Crippen LogP contribution in [0.3, 0.4) is 0 Å². The highest BCUT2D eigenvalue weighted by atomic mass is 16.5. The summed E-state index contributed by atoms with van der Waals surface area (Å²) in [5.41, 5.74) is 0. The number of hydrogen-bond acceptors (Lipinski definition) is 1. The van der Waals surface area contributed by atoms with E-state index < -0.39 is 0 Å². The maximum atomic E-state index is 5.75. The first-order valence-electron chi connectivity index (χ1n) is 5.61. The molecule has 2 atom stereocenters. The lowest BCUT2D eigenvalue weighted by Gasteiger charge is -2.11.